The monoisotopic (exact) mass is 339 g/mol. The summed E-state index contributed by atoms with van der Waals surface area (Å²) in [7, 11) is 3.08. The van der Waals surface area contributed by atoms with E-state index in [0.29, 0.717) is 28.6 Å². The van der Waals surface area contributed by atoms with Gasteiger partial charge in [-0.25, -0.2) is 0 Å². The lowest BCUT2D eigenvalue weighted by molar-refractivity contribution is -0.116. The molecule has 0 fully saturated rings. The Balaban J connectivity index is 1.93. The SMILES string of the molecule is COc1cc(Cl)c(NC(=O)CCCc2cccs2)cc1OC. The first-order chi connectivity index (χ1) is 10.6. The number of amides is 1. The van der Waals surface area contributed by atoms with Crippen molar-refractivity contribution < 1.29 is 14.3 Å². The maximum absolute atomic E-state index is 12.0. The molecule has 2 aromatic rings. The van der Waals surface area contributed by atoms with Crippen molar-refractivity contribution in [2.45, 2.75) is 19.3 Å². The molecule has 1 aromatic heterocycles. The van der Waals surface area contributed by atoms with Crippen LogP contribution in [0.3, 0.4) is 0 Å². The van der Waals surface area contributed by atoms with Gasteiger partial charge < -0.3 is 14.8 Å². The number of ether oxygens (including phenoxy) is 2. The van der Waals surface area contributed by atoms with Gasteiger partial charge in [-0.3, -0.25) is 4.79 Å². The molecular weight excluding hydrogens is 322 g/mol. The lowest BCUT2D eigenvalue weighted by Crippen LogP contribution is -2.12. The molecule has 0 saturated carbocycles. The molecule has 0 saturated heterocycles. The Labute approximate surface area is 139 Å². The molecule has 0 spiro atoms. The number of benzene rings is 1. The highest BCUT2D eigenvalue weighted by molar-refractivity contribution is 7.09. The van der Waals surface area contributed by atoms with Crippen molar-refractivity contribution in [3.05, 3.63) is 39.5 Å². The van der Waals surface area contributed by atoms with Crippen LogP contribution in [0, 0.1) is 0 Å². The molecule has 1 N–H and O–H groups in total. The van der Waals surface area contributed by atoms with Crippen LogP contribution in [0.4, 0.5) is 5.69 Å². The number of anilines is 1. The van der Waals surface area contributed by atoms with Gasteiger partial charge in [-0.15, -0.1) is 11.3 Å². The number of carbonyl (C=O) groups excluding carboxylic acids is 1. The third-order valence-electron chi connectivity index (χ3n) is 3.15. The number of hydrogen-bond donors (Lipinski definition) is 1. The van der Waals surface area contributed by atoms with E-state index in [9.17, 15) is 4.79 Å². The zero-order chi connectivity index (χ0) is 15.9. The summed E-state index contributed by atoms with van der Waals surface area (Å²) in [6.45, 7) is 0. The molecule has 0 bridgehead atoms. The number of aryl methyl sites for hydroxylation is 1. The zero-order valence-electron chi connectivity index (χ0n) is 12.5. The maximum Gasteiger partial charge on any atom is 0.224 e. The van der Waals surface area contributed by atoms with E-state index >= 15 is 0 Å². The van der Waals surface area contributed by atoms with Gasteiger partial charge in [-0.2, -0.15) is 0 Å². The molecule has 1 amide bonds. The molecule has 2 rings (SSSR count). The Kier molecular flexibility index (Phi) is 6.10. The number of methoxy groups -OCH3 is 2. The normalized spacial score (nSPS) is 10.3. The number of thiophene rings is 1. The molecular formula is C16H18ClNO3S. The number of carbonyl (C=O) groups is 1. The summed E-state index contributed by atoms with van der Waals surface area (Å²) in [5, 5.41) is 5.27. The van der Waals surface area contributed by atoms with Crippen LogP contribution in [-0.2, 0) is 11.2 Å². The van der Waals surface area contributed by atoms with Gasteiger partial charge in [0.05, 0.1) is 24.9 Å². The Hall–Kier alpha value is -1.72. The fourth-order valence-corrected chi connectivity index (χ4v) is 2.99. The molecule has 4 nitrogen and oxygen atoms in total. The Morgan fingerprint density at radius 2 is 2.00 bits per heavy atom. The van der Waals surface area contributed by atoms with Crippen molar-refractivity contribution in [1.82, 2.24) is 0 Å². The molecule has 0 aliphatic carbocycles. The molecule has 6 heteroatoms. The lowest BCUT2D eigenvalue weighted by atomic mass is 10.2. The van der Waals surface area contributed by atoms with E-state index < -0.39 is 0 Å². The van der Waals surface area contributed by atoms with Crippen molar-refractivity contribution in [3.63, 3.8) is 0 Å². The topological polar surface area (TPSA) is 47.6 Å². The molecule has 0 radical (unpaired) electrons. The first-order valence-corrected chi connectivity index (χ1v) is 8.13. The third-order valence-corrected chi connectivity index (χ3v) is 4.40. The van der Waals surface area contributed by atoms with Crippen molar-refractivity contribution >= 4 is 34.5 Å². The van der Waals surface area contributed by atoms with Gasteiger partial charge in [0, 0.05) is 23.4 Å². The van der Waals surface area contributed by atoms with Gasteiger partial charge in [-0.1, -0.05) is 17.7 Å². The van der Waals surface area contributed by atoms with Gasteiger partial charge in [0.25, 0.3) is 0 Å². The second-order valence-corrected chi connectivity index (χ2v) is 6.11. The van der Waals surface area contributed by atoms with Crippen molar-refractivity contribution in [2.24, 2.45) is 0 Å². The van der Waals surface area contributed by atoms with E-state index in [4.69, 9.17) is 21.1 Å². The first-order valence-electron chi connectivity index (χ1n) is 6.87. The van der Waals surface area contributed by atoms with Gasteiger partial charge >= 0.3 is 0 Å². The molecule has 0 aliphatic heterocycles. The Morgan fingerprint density at radius 3 is 2.64 bits per heavy atom. The first kappa shape index (κ1) is 16.6. The highest BCUT2D eigenvalue weighted by atomic mass is 35.5. The molecule has 1 heterocycles. The quantitative estimate of drug-likeness (QED) is 0.814. The summed E-state index contributed by atoms with van der Waals surface area (Å²) in [4.78, 5) is 13.3. The molecule has 118 valence electrons. The van der Waals surface area contributed by atoms with Crippen LogP contribution < -0.4 is 14.8 Å². The minimum Gasteiger partial charge on any atom is -0.493 e. The number of rotatable bonds is 7. The maximum atomic E-state index is 12.0. The van der Waals surface area contributed by atoms with Crippen LogP contribution in [0.25, 0.3) is 0 Å². The standard InChI is InChI=1S/C16H18ClNO3S/c1-20-14-9-12(17)13(10-15(14)21-2)18-16(19)7-3-5-11-6-4-8-22-11/h4,6,8-10H,3,5,7H2,1-2H3,(H,18,19). The van der Waals surface area contributed by atoms with E-state index in [1.165, 1.54) is 12.0 Å². The molecule has 22 heavy (non-hydrogen) atoms. The van der Waals surface area contributed by atoms with Crippen LogP contribution in [-0.4, -0.2) is 20.1 Å². The number of halogens is 1. The average Bonchev–Trinajstić information content (AvgIpc) is 3.02. The minimum absolute atomic E-state index is 0.0642. The fraction of sp³-hybridized carbons (Fsp3) is 0.312. The van der Waals surface area contributed by atoms with Gasteiger partial charge in [0.1, 0.15) is 0 Å². The predicted molar refractivity (Wildman–Crippen MR) is 90.4 cm³/mol. The molecule has 0 unspecified atom stereocenters. The second kappa shape index (κ2) is 8.06. The van der Waals surface area contributed by atoms with Crippen LogP contribution >= 0.6 is 22.9 Å². The van der Waals surface area contributed by atoms with E-state index in [2.05, 4.69) is 11.4 Å². The van der Waals surface area contributed by atoms with Gasteiger partial charge in [-0.05, 0) is 24.3 Å². The summed E-state index contributed by atoms with van der Waals surface area (Å²) >= 11 is 7.85. The smallest absolute Gasteiger partial charge is 0.224 e. The Bertz CT molecular complexity index is 629. The number of nitrogens with one attached hydrogen (secondary N) is 1. The summed E-state index contributed by atoms with van der Waals surface area (Å²) in [6.07, 6.45) is 2.16. The second-order valence-electron chi connectivity index (χ2n) is 4.67. The summed E-state index contributed by atoms with van der Waals surface area (Å²) in [6, 6.07) is 7.39. The summed E-state index contributed by atoms with van der Waals surface area (Å²) in [5.74, 6) is 0.995. The van der Waals surface area contributed by atoms with Gasteiger partial charge in [0.15, 0.2) is 11.5 Å². The van der Waals surface area contributed by atoms with Gasteiger partial charge in [0.2, 0.25) is 5.91 Å². The van der Waals surface area contributed by atoms with E-state index in [1.807, 2.05) is 11.4 Å². The van der Waals surface area contributed by atoms with Crippen molar-refractivity contribution in [3.8, 4) is 11.5 Å². The minimum atomic E-state index is -0.0642. The van der Waals surface area contributed by atoms with Crippen LogP contribution in [0.5, 0.6) is 11.5 Å². The summed E-state index contributed by atoms with van der Waals surface area (Å²) in [5.41, 5.74) is 0.528. The van der Waals surface area contributed by atoms with E-state index in [-0.39, 0.29) is 5.91 Å². The highest BCUT2D eigenvalue weighted by Crippen LogP contribution is 2.36. The summed E-state index contributed by atoms with van der Waals surface area (Å²) < 4.78 is 10.4. The lowest BCUT2D eigenvalue weighted by Gasteiger charge is -2.12. The molecule has 1 aromatic carbocycles. The predicted octanol–water partition coefficient (Wildman–Crippen LogP) is 4.38. The van der Waals surface area contributed by atoms with Crippen LogP contribution in [0.15, 0.2) is 29.6 Å². The third kappa shape index (κ3) is 4.39. The fourth-order valence-electron chi connectivity index (χ4n) is 2.04. The van der Waals surface area contributed by atoms with Crippen LogP contribution in [0.2, 0.25) is 5.02 Å². The Morgan fingerprint density at radius 1 is 1.27 bits per heavy atom. The van der Waals surface area contributed by atoms with Crippen molar-refractivity contribution in [2.75, 3.05) is 19.5 Å². The number of hydrogen-bond acceptors (Lipinski definition) is 4. The average molecular weight is 340 g/mol. The molecule has 0 atom stereocenters. The van der Waals surface area contributed by atoms with E-state index in [1.54, 1.807) is 30.6 Å². The highest BCUT2D eigenvalue weighted by Gasteiger charge is 2.12. The van der Waals surface area contributed by atoms with Crippen LogP contribution in [0.1, 0.15) is 17.7 Å². The molecule has 0 aliphatic rings. The van der Waals surface area contributed by atoms with E-state index in [0.717, 1.165) is 12.8 Å². The largest absolute Gasteiger partial charge is 0.493 e. The zero-order valence-corrected chi connectivity index (χ0v) is 14.1. The van der Waals surface area contributed by atoms with Crippen molar-refractivity contribution in [1.29, 1.82) is 0 Å².